The second-order valence-electron chi connectivity index (χ2n) is 11.6. The van der Waals surface area contributed by atoms with Crippen LogP contribution in [0.4, 0.5) is 0 Å². The zero-order chi connectivity index (χ0) is 30.3. The van der Waals surface area contributed by atoms with Crippen LogP contribution in [0.15, 0.2) is 91.0 Å². The summed E-state index contributed by atoms with van der Waals surface area (Å²) in [5.74, 6) is -0.793. The molecular weight excluding hydrogens is 554 g/mol. The first-order valence-electron chi connectivity index (χ1n) is 15.4. The van der Waals surface area contributed by atoms with E-state index in [-0.39, 0.29) is 24.3 Å². The molecule has 9 heteroatoms. The molecule has 2 fully saturated rings. The molecule has 0 spiro atoms. The minimum Gasteiger partial charge on any atom is -0.378 e. The summed E-state index contributed by atoms with van der Waals surface area (Å²) in [4.78, 5) is 50.5. The first-order chi connectivity index (χ1) is 21.5. The van der Waals surface area contributed by atoms with Crippen molar-refractivity contribution in [1.82, 2.24) is 25.0 Å². The number of carbonyl (C=O) groups excluding carboxylic acids is 3. The van der Waals surface area contributed by atoms with Crippen LogP contribution in [-0.4, -0.2) is 95.4 Å². The van der Waals surface area contributed by atoms with Gasteiger partial charge in [-0.2, -0.15) is 0 Å². The maximum atomic E-state index is 14.4. The number of hydrogen-bond donors (Lipinski definition) is 2. The van der Waals surface area contributed by atoms with E-state index in [0.717, 1.165) is 23.0 Å². The summed E-state index contributed by atoms with van der Waals surface area (Å²) < 4.78 is 5.42. The minimum absolute atomic E-state index is 0.104. The van der Waals surface area contributed by atoms with Crippen LogP contribution >= 0.6 is 0 Å². The molecule has 3 heterocycles. The number of ether oxygens (including phenoxy) is 1. The van der Waals surface area contributed by atoms with E-state index >= 15 is 0 Å². The summed E-state index contributed by atoms with van der Waals surface area (Å²) >= 11 is 0. The Kier molecular flexibility index (Phi) is 9.34. The Morgan fingerprint density at radius 1 is 0.841 bits per heavy atom. The quantitative estimate of drug-likeness (QED) is 0.310. The Morgan fingerprint density at radius 2 is 1.52 bits per heavy atom. The number of aromatic nitrogens is 1. The van der Waals surface area contributed by atoms with Crippen molar-refractivity contribution >= 4 is 28.6 Å². The van der Waals surface area contributed by atoms with Crippen molar-refractivity contribution < 1.29 is 19.1 Å². The molecule has 0 unspecified atom stereocenters. The van der Waals surface area contributed by atoms with Gasteiger partial charge in [-0.05, 0) is 29.7 Å². The van der Waals surface area contributed by atoms with Gasteiger partial charge in [0.1, 0.15) is 11.7 Å². The van der Waals surface area contributed by atoms with E-state index in [9.17, 15) is 14.4 Å². The highest BCUT2D eigenvalue weighted by molar-refractivity contribution is 6.01. The van der Waals surface area contributed by atoms with Crippen LogP contribution in [0.2, 0.25) is 0 Å². The van der Waals surface area contributed by atoms with Gasteiger partial charge in [-0.15, -0.1) is 0 Å². The Balaban J connectivity index is 1.24. The number of piperazine rings is 1. The molecule has 0 saturated carbocycles. The number of aromatic amines is 1. The number of rotatable bonds is 9. The maximum absolute atomic E-state index is 14.4. The summed E-state index contributed by atoms with van der Waals surface area (Å²) in [6.45, 7) is 4.58. The van der Waals surface area contributed by atoms with Crippen LogP contribution < -0.4 is 5.32 Å². The summed E-state index contributed by atoms with van der Waals surface area (Å²) in [5, 5.41) is 3.85. The standard InChI is InChI=1S/C35H39N5O4/c41-33(39-17-19-44-20-18-39)23-32(37-34(42)31-22-28-13-7-8-14-30(28)36-31)35(43)40-16-15-38(24-27-11-5-2-6-12-27)25-29(40)21-26-9-3-1-4-10-26/h1-14,22,29,32,36H,15-21,23-25H2,(H,37,42)/t29-,32-/m0/s1. The number of nitrogens with one attached hydrogen (secondary N) is 2. The van der Waals surface area contributed by atoms with Crippen LogP contribution in [0.25, 0.3) is 10.9 Å². The summed E-state index contributed by atoms with van der Waals surface area (Å²) in [5.41, 5.74) is 3.56. The van der Waals surface area contributed by atoms with Gasteiger partial charge in [0.2, 0.25) is 11.8 Å². The number of fused-ring (bicyclic) bond motifs is 1. The molecule has 0 aliphatic carbocycles. The minimum atomic E-state index is -0.997. The van der Waals surface area contributed by atoms with Gasteiger partial charge in [-0.25, -0.2) is 0 Å². The third-order valence-electron chi connectivity index (χ3n) is 8.53. The van der Waals surface area contributed by atoms with Gasteiger partial charge in [-0.1, -0.05) is 78.9 Å². The lowest BCUT2D eigenvalue weighted by Gasteiger charge is -2.43. The van der Waals surface area contributed by atoms with Gasteiger partial charge in [0.05, 0.1) is 19.6 Å². The molecule has 6 rings (SSSR count). The highest BCUT2D eigenvalue weighted by Crippen LogP contribution is 2.21. The van der Waals surface area contributed by atoms with Gasteiger partial charge in [0.25, 0.3) is 5.91 Å². The molecule has 2 N–H and O–H groups in total. The van der Waals surface area contributed by atoms with Crippen LogP contribution in [-0.2, 0) is 27.3 Å². The second-order valence-corrected chi connectivity index (χ2v) is 11.6. The highest BCUT2D eigenvalue weighted by atomic mass is 16.5. The van der Waals surface area contributed by atoms with Crippen molar-refractivity contribution in [2.45, 2.75) is 31.5 Å². The SMILES string of the molecule is O=C(N[C@@H](CC(=O)N1CCOCC1)C(=O)N1CCN(Cc2ccccc2)C[C@@H]1Cc1ccccc1)c1cc2ccccc2[nH]1. The lowest BCUT2D eigenvalue weighted by Crippen LogP contribution is -2.60. The zero-order valence-corrected chi connectivity index (χ0v) is 24.9. The molecular formula is C35H39N5O4. The molecule has 2 aliphatic rings. The summed E-state index contributed by atoms with van der Waals surface area (Å²) in [7, 11) is 0. The molecule has 44 heavy (non-hydrogen) atoms. The third-order valence-corrected chi connectivity index (χ3v) is 8.53. The molecule has 0 bridgehead atoms. The molecule has 2 aliphatic heterocycles. The zero-order valence-electron chi connectivity index (χ0n) is 24.9. The predicted octanol–water partition coefficient (Wildman–Crippen LogP) is 3.47. The predicted molar refractivity (Wildman–Crippen MR) is 169 cm³/mol. The van der Waals surface area contributed by atoms with E-state index in [1.54, 1.807) is 11.0 Å². The van der Waals surface area contributed by atoms with Crippen molar-refractivity contribution in [3.63, 3.8) is 0 Å². The number of H-pyrrole nitrogens is 1. The van der Waals surface area contributed by atoms with Crippen molar-refractivity contribution in [2.24, 2.45) is 0 Å². The van der Waals surface area contributed by atoms with Crippen molar-refractivity contribution in [3.05, 3.63) is 108 Å². The number of nitrogens with zero attached hydrogens (tertiary/aromatic N) is 3. The summed E-state index contributed by atoms with van der Waals surface area (Å²) in [6, 6.07) is 28.8. The largest absolute Gasteiger partial charge is 0.378 e. The Bertz CT molecular complexity index is 1530. The number of amides is 3. The van der Waals surface area contributed by atoms with Crippen LogP contribution in [0, 0.1) is 0 Å². The van der Waals surface area contributed by atoms with E-state index in [0.29, 0.717) is 58.1 Å². The molecule has 1 aromatic heterocycles. The van der Waals surface area contributed by atoms with Crippen LogP contribution in [0.5, 0.6) is 0 Å². The molecule has 2 saturated heterocycles. The van der Waals surface area contributed by atoms with Crippen LogP contribution in [0.1, 0.15) is 28.0 Å². The maximum Gasteiger partial charge on any atom is 0.268 e. The lowest BCUT2D eigenvalue weighted by atomic mass is 9.99. The van der Waals surface area contributed by atoms with Crippen molar-refractivity contribution in [3.8, 4) is 0 Å². The molecule has 2 atom stereocenters. The van der Waals surface area contributed by atoms with E-state index in [4.69, 9.17) is 4.74 Å². The number of para-hydroxylation sites is 1. The average Bonchev–Trinajstić information content (AvgIpc) is 3.50. The van der Waals surface area contributed by atoms with Gasteiger partial charge in [0, 0.05) is 56.2 Å². The monoisotopic (exact) mass is 593 g/mol. The number of carbonyl (C=O) groups is 3. The van der Waals surface area contributed by atoms with Crippen molar-refractivity contribution in [2.75, 3.05) is 45.9 Å². The van der Waals surface area contributed by atoms with E-state index < -0.39 is 11.9 Å². The molecule has 0 radical (unpaired) electrons. The third kappa shape index (κ3) is 7.18. The lowest BCUT2D eigenvalue weighted by molar-refractivity contribution is -0.143. The fraction of sp³-hybridized carbons (Fsp3) is 0.343. The molecule has 228 valence electrons. The normalized spacial score (nSPS) is 18.2. The molecule has 3 amide bonds. The molecule has 9 nitrogen and oxygen atoms in total. The van der Waals surface area contributed by atoms with Gasteiger partial charge in [-0.3, -0.25) is 19.3 Å². The average molecular weight is 594 g/mol. The van der Waals surface area contributed by atoms with Gasteiger partial charge in [0.15, 0.2) is 0 Å². The topological polar surface area (TPSA) is 98.0 Å². The number of benzene rings is 3. The fourth-order valence-corrected chi connectivity index (χ4v) is 6.20. The van der Waals surface area contributed by atoms with Crippen LogP contribution in [0.3, 0.4) is 0 Å². The smallest absolute Gasteiger partial charge is 0.268 e. The number of hydrogen-bond acceptors (Lipinski definition) is 5. The highest BCUT2D eigenvalue weighted by Gasteiger charge is 2.37. The number of morpholine rings is 1. The second kappa shape index (κ2) is 13.9. The first kappa shape index (κ1) is 29.6. The van der Waals surface area contributed by atoms with E-state index in [2.05, 4.69) is 39.5 Å². The Hall–Kier alpha value is -4.47. The fourth-order valence-electron chi connectivity index (χ4n) is 6.20. The van der Waals surface area contributed by atoms with Gasteiger partial charge >= 0.3 is 0 Å². The van der Waals surface area contributed by atoms with E-state index in [1.807, 2.05) is 65.6 Å². The first-order valence-corrected chi connectivity index (χ1v) is 15.4. The summed E-state index contributed by atoms with van der Waals surface area (Å²) in [6.07, 6.45) is 0.574. The van der Waals surface area contributed by atoms with E-state index in [1.165, 1.54) is 5.56 Å². The Labute approximate surface area is 257 Å². The van der Waals surface area contributed by atoms with Crippen molar-refractivity contribution in [1.29, 1.82) is 0 Å². The Morgan fingerprint density at radius 3 is 2.25 bits per heavy atom. The molecule has 4 aromatic rings. The van der Waals surface area contributed by atoms with Gasteiger partial charge < -0.3 is 24.8 Å². The molecule has 3 aromatic carbocycles.